The van der Waals surface area contributed by atoms with Crippen LogP contribution in [-0.4, -0.2) is 5.11 Å². The molecule has 2 heteroatoms. The molecule has 0 fully saturated rings. The molecular weight excluding hydrogens is 198 g/mol. The fourth-order valence-corrected chi connectivity index (χ4v) is 1.69. The average Bonchev–Trinajstić information content (AvgIpc) is 2.33. The van der Waals surface area contributed by atoms with Crippen LogP contribution in [0.3, 0.4) is 0 Å². The first-order chi connectivity index (χ1) is 7.86. The Morgan fingerprint density at radius 1 is 0.812 bits per heavy atom. The number of hydrogen-bond acceptors (Lipinski definition) is 1. The van der Waals surface area contributed by atoms with Crippen LogP contribution in [0, 0.1) is 0 Å². The number of aromatic hydroxyl groups is 1. The molecule has 0 aliphatic heterocycles. The van der Waals surface area contributed by atoms with E-state index in [4.69, 9.17) is 0 Å². The summed E-state index contributed by atoms with van der Waals surface area (Å²) in [6.07, 6.45) is 0. The van der Waals surface area contributed by atoms with Crippen molar-refractivity contribution in [2.75, 3.05) is 0 Å². The topological polar surface area (TPSA) is 36.8 Å². The van der Waals surface area contributed by atoms with Gasteiger partial charge in [0.05, 0.1) is 0 Å². The van der Waals surface area contributed by atoms with Crippen LogP contribution in [-0.2, 0) is 13.1 Å². The van der Waals surface area contributed by atoms with E-state index in [1.807, 2.05) is 36.4 Å². The van der Waals surface area contributed by atoms with E-state index in [1.165, 1.54) is 5.56 Å². The second-order valence-corrected chi connectivity index (χ2v) is 3.81. The number of benzene rings is 2. The lowest BCUT2D eigenvalue weighted by molar-refractivity contribution is -0.686. The van der Waals surface area contributed by atoms with Crippen molar-refractivity contribution in [1.82, 2.24) is 0 Å². The molecule has 82 valence electrons. The molecule has 0 bridgehead atoms. The maximum atomic E-state index is 9.59. The third kappa shape index (κ3) is 2.84. The number of hydrogen-bond donors (Lipinski definition) is 2. The SMILES string of the molecule is Oc1ccccc1C[NH2+]Cc1ccccc1. The Labute approximate surface area is 95.6 Å². The zero-order chi connectivity index (χ0) is 11.2. The maximum absolute atomic E-state index is 9.59. The molecule has 0 heterocycles. The van der Waals surface area contributed by atoms with E-state index in [0.717, 1.165) is 18.7 Å². The highest BCUT2D eigenvalue weighted by atomic mass is 16.3. The smallest absolute Gasteiger partial charge is 0.124 e. The quantitative estimate of drug-likeness (QED) is 0.798. The van der Waals surface area contributed by atoms with Gasteiger partial charge in [-0.1, -0.05) is 42.5 Å². The summed E-state index contributed by atoms with van der Waals surface area (Å²) in [4.78, 5) is 0. The maximum Gasteiger partial charge on any atom is 0.124 e. The molecule has 0 aromatic heterocycles. The number of nitrogens with two attached hydrogens (primary N) is 1. The molecule has 0 radical (unpaired) electrons. The minimum atomic E-state index is 0.381. The van der Waals surface area contributed by atoms with Crippen molar-refractivity contribution in [3.8, 4) is 5.75 Å². The number of phenolic OH excluding ortho intramolecular Hbond substituents is 1. The van der Waals surface area contributed by atoms with Gasteiger partial charge in [0, 0.05) is 11.1 Å². The lowest BCUT2D eigenvalue weighted by atomic mass is 10.2. The molecule has 0 aliphatic rings. The average molecular weight is 214 g/mol. The number of quaternary nitrogens is 1. The van der Waals surface area contributed by atoms with Crippen LogP contribution in [0.1, 0.15) is 11.1 Å². The van der Waals surface area contributed by atoms with Crippen LogP contribution in [0.4, 0.5) is 0 Å². The Bertz CT molecular complexity index is 439. The Hall–Kier alpha value is -1.80. The molecule has 16 heavy (non-hydrogen) atoms. The molecule has 0 amide bonds. The Morgan fingerprint density at radius 2 is 1.50 bits per heavy atom. The van der Waals surface area contributed by atoms with Gasteiger partial charge >= 0.3 is 0 Å². The van der Waals surface area contributed by atoms with Gasteiger partial charge in [-0.15, -0.1) is 0 Å². The third-order valence-corrected chi connectivity index (χ3v) is 2.58. The minimum Gasteiger partial charge on any atom is -0.507 e. The molecule has 0 atom stereocenters. The molecule has 0 unspecified atom stereocenters. The van der Waals surface area contributed by atoms with E-state index in [1.54, 1.807) is 6.07 Å². The van der Waals surface area contributed by atoms with E-state index in [0.29, 0.717) is 5.75 Å². The van der Waals surface area contributed by atoms with Crippen LogP contribution >= 0.6 is 0 Å². The summed E-state index contributed by atoms with van der Waals surface area (Å²) in [7, 11) is 0. The number of para-hydroxylation sites is 1. The van der Waals surface area contributed by atoms with Gasteiger partial charge in [-0.05, 0) is 12.1 Å². The van der Waals surface area contributed by atoms with Gasteiger partial charge in [-0.25, -0.2) is 0 Å². The second-order valence-electron chi connectivity index (χ2n) is 3.81. The van der Waals surface area contributed by atoms with Crippen molar-refractivity contribution in [3.63, 3.8) is 0 Å². The molecule has 0 saturated heterocycles. The first kappa shape index (κ1) is 10.7. The zero-order valence-electron chi connectivity index (χ0n) is 9.13. The zero-order valence-corrected chi connectivity index (χ0v) is 9.13. The van der Waals surface area contributed by atoms with E-state index < -0.39 is 0 Å². The summed E-state index contributed by atoms with van der Waals surface area (Å²) in [5, 5.41) is 11.8. The molecule has 2 aromatic carbocycles. The lowest BCUT2D eigenvalue weighted by Gasteiger charge is -2.03. The predicted molar refractivity (Wildman–Crippen MR) is 63.9 cm³/mol. The van der Waals surface area contributed by atoms with Crippen LogP contribution < -0.4 is 5.32 Å². The largest absolute Gasteiger partial charge is 0.507 e. The van der Waals surface area contributed by atoms with Crippen molar-refractivity contribution in [2.45, 2.75) is 13.1 Å². The normalized spacial score (nSPS) is 10.2. The summed E-state index contributed by atoms with van der Waals surface area (Å²) in [5.74, 6) is 0.381. The third-order valence-electron chi connectivity index (χ3n) is 2.58. The van der Waals surface area contributed by atoms with E-state index in [-0.39, 0.29) is 0 Å². The van der Waals surface area contributed by atoms with Crippen LogP contribution in [0.2, 0.25) is 0 Å². The summed E-state index contributed by atoms with van der Waals surface area (Å²) in [6.45, 7) is 1.75. The number of rotatable bonds is 4. The fraction of sp³-hybridized carbons (Fsp3) is 0.143. The molecule has 0 spiro atoms. The Balaban J connectivity index is 1.87. The minimum absolute atomic E-state index is 0.381. The van der Waals surface area contributed by atoms with Crippen molar-refractivity contribution >= 4 is 0 Å². The fourth-order valence-electron chi connectivity index (χ4n) is 1.69. The lowest BCUT2D eigenvalue weighted by Crippen LogP contribution is -2.80. The first-order valence-electron chi connectivity index (χ1n) is 5.49. The molecule has 2 aromatic rings. The van der Waals surface area contributed by atoms with Gasteiger partial charge in [0.1, 0.15) is 18.8 Å². The van der Waals surface area contributed by atoms with E-state index in [2.05, 4.69) is 17.4 Å². The highest BCUT2D eigenvalue weighted by Crippen LogP contribution is 2.13. The van der Waals surface area contributed by atoms with Gasteiger partial charge in [0.25, 0.3) is 0 Å². The Kier molecular flexibility index (Phi) is 3.57. The van der Waals surface area contributed by atoms with Crippen LogP contribution in [0.25, 0.3) is 0 Å². The molecule has 0 saturated carbocycles. The van der Waals surface area contributed by atoms with Gasteiger partial charge in [-0.3, -0.25) is 0 Å². The van der Waals surface area contributed by atoms with Gasteiger partial charge in [0.2, 0.25) is 0 Å². The van der Waals surface area contributed by atoms with Crippen molar-refractivity contribution in [3.05, 3.63) is 65.7 Å². The van der Waals surface area contributed by atoms with Gasteiger partial charge in [-0.2, -0.15) is 0 Å². The summed E-state index contributed by atoms with van der Waals surface area (Å²) in [6, 6.07) is 17.8. The summed E-state index contributed by atoms with van der Waals surface area (Å²) >= 11 is 0. The van der Waals surface area contributed by atoms with Crippen LogP contribution in [0.15, 0.2) is 54.6 Å². The Morgan fingerprint density at radius 3 is 2.25 bits per heavy atom. The first-order valence-corrected chi connectivity index (χ1v) is 5.49. The number of phenols is 1. The van der Waals surface area contributed by atoms with E-state index >= 15 is 0 Å². The van der Waals surface area contributed by atoms with E-state index in [9.17, 15) is 5.11 Å². The molecular formula is C14H16NO+. The molecule has 2 rings (SSSR count). The molecule has 3 N–H and O–H groups in total. The molecule has 2 nitrogen and oxygen atoms in total. The van der Waals surface area contributed by atoms with Crippen molar-refractivity contribution in [1.29, 1.82) is 0 Å². The van der Waals surface area contributed by atoms with Gasteiger partial charge < -0.3 is 10.4 Å². The standard InChI is InChI=1S/C14H15NO/c16-14-9-5-4-8-13(14)11-15-10-12-6-2-1-3-7-12/h1-9,15-16H,10-11H2/p+1. The van der Waals surface area contributed by atoms with Crippen molar-refractivity contribution in [2.24, 2.45) is 0 Å². The monoisotopic (exact) mass is 214 g/mol. The van der Waals surface area contributed by atoms with Crippen LogP contribution in [0.5, 0.6) is 5.75 Å². The predicted octanol–water partition coefficient (Wildman–Crippen LogP) is 1.66. The van der Waals surface area contributed by atoms with Gasteiger partial charge in [0.15, 0.2) is 0 Å². The summed E-state index contributed by atoms with van der Waals surface area (Å²) in [5.41, 5.74) is 2.29. The summed E-state index contributed by atoms with van der Waals surface area (Å²) < 4.78 is 0. The highest BCUT2D eigenvalue weighted by molar-refractivity contribution is 5.30. The second kappa shape index (κ2) is 5.33. The highest BCUT2D eigenvalue weighted by Gasteiger charge is 2.01. The molecule has 0 aliphatic carbocycles. The van der Waals surface area contributed by atoms with Crippen molar-refractivity contribution < 1.29 is 10.4 Å².